The van der Waals surface area contributed by atoms with Crippen LogP contribution in [0.25, 0.3) is 0 Å². The number of carbonyl (C=O) groups excluding carboxylic acids is 2. The van der Waals surface area contributed by atoms with E-state index in [0.29, 0.717) is 25.4 Å². The van der Waals surface area contributed by atoms with Crippen molar-refractivity contribution in [2.24, 2.45) is 29.1 Å². The summed E-state index contributed by atoms with van der Waals surface area (Å²) in [6.45, 7) is 1.75. The molecule has 140 valence electrons. The molecule has 5 fully saturated rings. The molecule has 1 heterocycles. The molecule has 4 aliphatic carbocycles. The molecule has 4 saturated carbocycles. The first-order valence-corrected chi connectivity index (χ1v) is 10.2. The van der Waals surface area contributed by atoms with E-state index in [1.54, 1.807) is 0 Å². The van der Waals surface area contributed by atoms with E-state index in [2.05, 4.69) is 5.32 Å². The van der Waals surface area contributed by atoms with Crippen LogP contribution in [0.1, 0.15) is 57.8 Å². The number of rotatable bonds is 5. The van der Waals surface area contributed by atoms with Crippen LogP contribution in [0.5, 0.6) is 0 Å². The number of hydrogen-bond donors (Lipinski definition) is 2. The number of hydrogen-bond acceptors (Lipinski definition) is 3. The summed E-state index contributed by atoms with van der Waals surface area (Å²) in [5, 5.41) is 12.1. The minimum Gasteiger partial charge on any atom is -0.396 e. The molecule has 0 aromatic heterocycles. The van der Waals surface area contributed by atoms with Gasteiger partial charge in [0, 0.05) is 26.1 Å². The zero-order valence-corrected chi connectivity index (χ0v) is 15.2. The molecule has 1 saturated heterocycles. The maximum Gasteiger partial charge on any atom is 0.241 e. The zero-order chi connectivity index (χ0) is 17.4. The second kappa shape index (κ2) is 6.90. The predicted molar refractivity (Wildman–Crippen MR) is 94.6 cm³/mol. The van der Waals surface area contributed by atoms with Gasteiger partial charge in [0.05, 0.1) is 6.54 Å². The first-order chi connectivity index (χ1) is 12.0. The number of piperidine rings is 1. The lowest BCUT2D eigenvalue weighted by molar-refractivity contribution is -0.136. The van der Waals surface area contributed by atoms with Crippen LogP contribution < -0.4 is 5.32 Å². The molecule has 5 nitrogen and oxygen atoms in total. The Bertz CT molecular complexity index is 490. The summed E-state index contributed by atoms with van der Waals surface area (Å²) in [5.74, 6) is 2.99. The highest BCUT2D eigenvalue weighted by molar-refractivity contribution is 5.85. The number of likely N-dealkylation sites (tertiary alicyclic amines) is 1. The molecule has 0 unspecified atom stereocenters. The monoisotopic (exact) mass is 348 g/mol. The van der Waals surface area contributed by atoms with Crippen molar-refractivity contribution in [2.75, 3.05) is 26.2 Å². The van der Waals surface area contributed by atoms with Crippen molar-refractivity contribution in [3.8, 4) is 0 Å². The Morgan fingerprint density at radius 1 is 1.00 bits per heavy atom. The molecule has 0 atom stereocenters. The maximum absolute atomic E-state index is 12.5. The molecule has 25 heavy (non-hydrogen) atoms. The average molecular weight is 348 g/mol. The molecular formula is C20H32N2O3. The third kappa shape index (κ3) is 3.71. The predicted octanol–water partition coefficient (Wildman–Crippen LogP) is 1.94. The number of nitrogens with one attached hydrogen (secondary N) is 1. The van der Waals surface area contributed by atoms with E-state index in [1.165, 1.54) is 38.5 Å². The summed E-state index contributed by atoms with van der Waals surface area (Å²) >= 11 is 0. The van der Waals surface area contributed by atoms with Gasteiger partial charge in [-0.05, 0) is 80.5 Å². The molecule has 2 amide bonds. The molecular weight excluding hydrogens is 316 g/mol. The second-order valence-electron chi connectivity index (χ2n) is 9.38. The Balaban J connectivity index is 1.24. The van der Waals surface area contributed by atoms with Crippen molar-refractivity contribution >= 4 is 11.8 Å². The third-order valence-corrected chi connectivity index (χ3v) is 7.36. The highest BCUT2D eigenvalue weighted by Gasteiger charge is 2.51. The van der Waals surface area contributed by atoms with E-state index in [9.17, 15) is 14.7 Å². The number of aliphatic hydroxyl groups is 1. The highest BCUT2D eigenvalue weighted by Crippen LogP contribution is 2.61. The topological polar surface area (TPSA) is 69.6 Å². The van der Waals surface area contributed by atoms with Gasteiger partial charge in [0.2, 0.25) is 11.8 Å². The highest BCUT2D eigenvalue weighted by atomic mass is 16.3. The van der Waals surface area contributed by atoms with Crippen molar-refractivity contribution in [3.05, 3.63) is 0 Å². The summed E-state index contributed by atoms with van der Waals surface area (Å²) in [7, 11) is 0. The summed E-state index contributed by atoms with van der Waals surface area (Å²) in [4.78, 5) is 26.6. The van der Waals surface area contributed by atoms with Crippen LogP contribution in [0, 0.1) is 29.1 Å². The van der Waals surface area contributed by atoms with E-state index in [0.717, 1.165) is 30.6 Å². The summed E-state index contributed by atoms with van der Waals surface area (Å²) < 4.78 is 0. The first-order valence-electron chi connectivity index (χ1n) is 10.2. The Kier molecular flexibility index (Phi) is 4.78. The Hall–Kier alpha value is -1.10. The molecule has 5 rings (SSSR count). The number of amides is 2. The summed E-state index contributed by atoms with van der Waals surface area (Å²) in [6.07, 6.45) is 10.2. The van der Waals surface area contributed by atoms with Crippen LogP contribution in [0.3, 0.4) is 0 Å². The molecule has 1 aliphatic heterocycles. The molecule has 0 radical (unpaired) electrons. The fourth-order valence-corrected chi connectivity index (χ4v) is 6.56. The molecule has 5 aliphatic rings. The Morgan fingerprint density at radius 3 is 2.08 bits per heavy atom. The van der Waals surface area contributed by atoms with E-state index >= 15 is 0 Å². The van der Waals surface area contributed by atoms with Crippen molar-refractivity contribution in [1.29, 1.82) is 0 Å². The smallest absolute Gasteiger partial charge is 0.241 e. The van der Waals surface area contributed by atoms with E-state index in [-0.39, 0.29) is 30.4 Å². The van der Waals surface area contributed by atoms with Crippen LogP contribution >= 0.6 is 0 Å². The summed E-state index contributed by atoms with van der Waals surface area (Å²) in [5.41, 5.74) is 0.237. The fourth-order valence-electron chi connectivity index (χ4n) is 6.56. The standard InChI is InChI=1S/C20H32N2O3/c23-13-14-1-3-22(4-2-14)19(25)12-21-18(24)11-20-8-15-5-16(9-20)7-17(6-15)10-20/h14-17,23H,1-13H2,(H,21,24). The lowest BCUT2D eigenvalue weighted by Crippen LogP contribution is -2.49. The van der Waals surface area contributed by atoms with Crippen molar-refractivity contribution in [3.63, 3.8) is 0 Å². The molecule has 0 aromatic carbocycles. The SMILES string of the molecule is O=C(CC12CC3CC(CC(C3)C1)C2)NCC(=O)N1CCC(CO)CC1. The van der Waals surface area contributed by atoms with Gasteiger partial charge in [-0.3, -0.25) is 9.59 Å². The third-order valence-electron chi connectivity index (χ3n) is 7.36. The molecule has 4 bridgehead atoms. The van der Waals surface area contributed by atoms with Crippen molar-refractivity contribution in [1.82, 2.24) is 10.2 Å². The van der Waals surface area contributed by atoms with Gasteiger partial charge in [-0.1, -0.05) is 0 Å². The van der Waals surface area contributed by atoms with Crippen LogP contribution in [-0.4, -0.2) is 48.1 Å². The average Bonchev–Trinajstić information content (AvgIpc) is 2.58. The molecule has 0 aromatic rings. The zero-order valence-electron chi connectivity index (χ0n) is 15.2. The van der Waals surface area contributed by atoms with Crippen molar-refractivity contribution in [2.45, 2.75) is 57.8 Å². The van der Waals surface area contributed by atoms with Crippen LogP contribution in [0.4, 0.5) is 0 Å². The minimum absolute atomic E-state index is 0.0234. The minimum atomic E-state index is 0.0234. The van der Waals surface area contributed by atoms with Gasteiger partial charge >= 0.3 is 0 Å². The van der Waals surface area contributed by atoms with Gasteiger partial charge in [-0.25, -0.2) is 0 Å². The van der Waals surface area contributed by atoms with E-state index in [1.807, 2.05) is 4.90 Å². The Labute approximate surface area is 150 Å². The number of nitrogens with zero attached hydrogens (tertiary/aromatic N) is 1. The van der Waals surface area contributed by atoms with Crippen molar-refractivity contribution < 1.29 is 14.7 Å². The van der Waals surface area contributed by atoms with E-state index in [4.69, 9.17) is 0 Å². The Morgan fingerprint density at radius 2 is 1.56 bits per heavy atom. The van der Waals surface area contributed by atoms with Crippen LogP contribution in [0.2, 0.25) is 0 Å². The molecule has 2 N–H and O–H groups in total. The molecule has 0 spiro atoms. The number of aliphatic hydroxyl groups excluding tert-OH is 1. The van der Waals surface area contributed by atoms with Gasteiger partial charge in [0.1, 0.15) is 0 Å². The van der Waals surface area contributed by atoms with Gasteiger partial charge in [-0.2, -0.15) is 0 Å². The van der Waals surface area contributed by atoms with Gasteiger partial charge in [-0.15, -0.1) is 0 Å². The normalized spacial score (nSPS) is 37.3. The lowest BCUT2D eigenvalue weighted by Gasteiger charge is -2.56. The first kappa shape index (κ1) is 17.3. The van der Waals surface area contributed by atoms with Gasteiger partial charge < -0.3 is 15.3 Å². The largest absolute Gasteiger partial charge is 0.396 e. The van der Waals surface area contributed by atoms with Gasteiger partial charge in [0.15, 0.2) is 0 Å². The van der Waals surface area contributed by atoms with Crippen LogP contribution in [0.15, 0.2) is 0 Å². The fraction of sp³-hybridized carbons (Fsp3) is 0.900. The summed E-state index contributed by atoms with van der Waals surface area (Å²) in [6, 6.07) is 0. The second-order valence-corrected chi connectivity index (χ2v) is 9.38. The maximum atomic E-state index is 12.5. The van der Waals surface area contributed by atoms with E-state index < -0.39 is 0 Å². The molecule has 5 heteroatoms. The number of carbonyl (C=O) groups is 2. The van der Waals surface area contributed by atoms with Gasteiger partial charge in [0.25, 0.3) is 0 Å². The quantitative estimate of drug-likeness (QED) is 0.798. The van der Waals surface area contributed by atoms with Crippen LogP contribution in [-0.2, 0) is 9.59 Å². The lowest BCUT2D eigenvalue weighted by atomic mass is 9.49.